The number of para-hydroxylation sites is 1. The summed E-state index contributed by atoms with van der Waals surface area (Å²) in [4.78, 5) is 28.8. The second-order valence-corrected chi connectivity index (χ2v) is 10.9. The highest BCUT2D eigenvalue weighted by atomic mass is 31.2. The van der Waals surface area contributed by atoms with Gasteiger partial charge >= 0.3 is 19.4 Å². The number of benzene rings is 1. The molecule has 1 aromatic carbocycles. The summed E-state index contributed by atoms with van der Waals surface area (Å²) in [5.41, 5.74) is 0.126. The molecule has 4 atom stereocenters. The molecule has 1 saturated heterocycles. The van der Waals surface area contributed by atoms with Crippen LogP contribution >= 0.6 is 7.75 Å². The van der Waals surface area contributed by atoms with Crippen LogP contribution in [0.5, 0.6) is 5.75 Å². The van der Waals surface area contributed by atoms with Crippen LogP contribution in [0.1, 0.15) is 58.4 Å². The van der Waals surface area contributed by atoms with Gasteiger partial charge in [0.05, 0.1) is 13.2 Å². The third-order valence-electron chi connectivity index (χ3n) is 5.92. The first-order valence-electron chi connectivity index (χ1n) is 13.0. The van der Waals surface area contributed by atoms with E-state index in [-0.39, 0.29) is 19.1 Å². The third-order valence-corrected chi connectivity index (χ3v) is 7.57. The van der Waals surface area contributed by atoms with E-state index in [0.717, 1.165) is 25.7 Å². The maximum absolute atomic E-state index is 13.7. The van der Waals surface area contributed by atoms with Crippen molar-refractivity contribution in [2.24, 2.45) is 5.92 Å². The zero-order valence-corrected chi connectivity index (χ0v) is 23.3. The second-order valence-electron chi connectivity index (χ2n) is 9.23. The first kappa shape index (κ1) is 30.0. The molecule has 1 aliphatic rings. The van der Waals surface area contributed by atoms with Gasteiger partial charge in [0.1, 0.15) is 18.4 Å². The molecular formula is C26H38N3O8P. The minimum absolute atomic E-state index is 0.0787. The van der Waals surface area contributed by atoms with Crippen LogP contribution in [0.15, 0.2) is 47.4 Å². The molecule has 0 spiro atoms. The Balaban J connectivity index is 1.62. The Hall–Kier alpha value is -2.56. The van der Waals surface area contributed by atoms with Crippen molar-refractivity contribution in [1.29, 1.82) is 0 Å². The van der Waals surface area contributed by atoms with Gasteiger partial charge in [-0.15, -0.1) is 0 Å². The van der Waals surface area contributed by atoms with Gasteiger partial charge in [-0.1, -0.05) is 44.9 Å². The molecule has 2 heterocycles. The van der Waals surface area contributed by atoms with Gasteiger partial charge in [-0.05, 0) is 50.8 Å². The Labute approximate surface area is 223 Å². The molecular weight excluding hydrogens is 513 g/mol. The molecule has 11 nitrogen and oxygen atoms in total. The highest BCUT2D eigenvalue weighted by molar-refractivity contribution is 7.52. The van der Waals surface area contributed by atoms with Gasteiger partial charge in [-0.25, -0.2) is 9.36 Å². The van der Waals surface area contributed by atoms with Gasteiger partial charge in [0.25, 0.3) is 0 Å². The lowest BCUT2D eigenvalue weighted by Gasteiger charge is -2.24. The number of rotatable bonds is 15. The van der Waals surface area contributed by atoms with Crippen molar-refractivity contribution in [3.05, 3.63) is 58.8 Å². The van der Waals surface area contributed by atoms with E-state index in [0.29, 0.717) is 18.1 Å². The van der Waals surface area contributed by atoms with Crippen LogP contribution in [-0.2, 0) is 28.1 Å². The Kier molecular flexibility index (Phi) is 11.5. The number of esters is 1. The van der Waals surface area contributed by atoms with Crippen molar-refractivity contribution < 1.29 is 32.6 Å². The number of nitrogens with zero attached hydrogens (tertiary/aromatic N) is 2. The minimum Gasteiger partial charge on any atom is -0.464 e. The van der Waals surface area contributed by atoms with Gasteiger partial charge in [-0.2, -0.15) is 10.1 Å². The molecule has 1 aromatic heterocycles. The number of aromatic nitrogens is 2. The van der Waals surface area contributed by atoms with E-state index in [1.165, 1.54) is 11.5 Å². The Bertz CT molecular complexity index is 1120. The Morgan fingerprint density at radius 2 is 1.92 bits per heavy atom. The van der Waals surface area contributed by atoms with Crippen LogP contribution in [0, 0.1) is 12.8 Å². The Morgan fingerprint density at radius 1 is 1.21 bits per heavy atom. The molecule has 1 aliphatic heterocycles. The molecule has 3 rings (SSSR count). The molecule has 1 N–H and O–H groups in total. The number of hydrogen-bond acceptors (Lipinski definition) is 9. The third kappa shape index (κ3) is 9.03. The SMILES string of the molecule is CCCC(CCC)COC(=O)[C@H](C)NP(=O)(OC[C@H]1OC[C@@H](n2ccc(C)nc2=O)O1)Oc1ccccc1. The first-order valence-corrected chi connectivity index (χ1v) is 14.5. The molecule has 210 valence electrons. The first-order chi connectivity index (χ1) is 18.2. The second kappa shape index (κ2) is 14.6. The van der Waals surface area contributed by atoms with Crippen LogP contribution in [0.2, 0.25) is 0 Å². The minimum atomic E-state index is -4.08. The van der Waals surface area contributed by atoms with E-state index in [2.05, 4.69) is 23.9 Å². The van der Waals surface area contributed by atoms with Crippen LogP contribution in [-0.4, -0.2) is 47.7 Å². The average Bonchev–Trinajstić information content (AvgIpc) is 3.35. The summed E-state index contributed by atoms with van der Waals surface area (Å²) in [5, 5.41) is 2.67. The molecule has 0 aliphatic carbocycles. The van der Waals surface area contributed by atoms with Gasteiger partial charge in [0.15, 0.2) is 12.5 Å². The van der Waals surface area contributed by atoms with Gasteiger partial charge in [-0.3, -0.25) is 13.9 Å². The maximum Gasteiger partial charge on any atom is 0.459 e. The van der Waals surface area contributed by atoms with Crippen LogP contribution in [0.25, 0.3) is 0 Å². The largest absolute Gasteiger partial charge is 0.464 e. The van der Waals surface area contributed by atoms with Crippen LogP contribution in [0.4, 0.5) is 0 Å². The fraction of sp³-hybridized carbons (Fsp3) is 0.577. The molecule has 12 heteroatoms. The summed E-state index contributed by atoms with van der Waals surface area (Å²) in [6, 6.07) is 9.20. The van der Waals surface area contributed by atoms with Crippen LogP contribution < -0.4 is 15.3 Å². The lowest BCUT2D eigenvalue weighted by molar-refractivity contribution is -0.146. The maximum atomic E-state index is 13.7. The standard InChI is InChI=1S/C26H38N3O8P/c1-5-10-21(11-6-2)16-34-25(30)20(4)28-38(32,37-22-12-8-7-9-13-22)35-18-24-33-17-23(36-24)29-15-14-19(3)27-26(29)31/h7-9,12-15,20-21,23-24H,5-6,10-11,16-18H2,1-4H3,(H,28,32)/t20-,23-,24-,38?/m0/s1. The molecule has 0 saturated carbocycles. The van der Waals surface area contributed by atoms with E-state index >= 15 is 0 Å². The fourth-order valence-electron chi connectivity index (χ4n) is 4.01. The van der Waals surface area contributed by atoms with E-state index in [1.54, 1.807) is 49.5 Å². The Morgan fingerprint density at radius 3 is 2.58 bits per heavy atom. The smallest absolute Gasteiger partial charge is 0.459 e. The molecule has 0 bridgehead atoms. The quantitative estimate of drug-likeness (QED) is 0.252. The zero-order chi connectivity index (χ0) is 27.5. The number of carbonyl (C=O) groups is 1. The molecule has 2 aromatic rings. The molecule has 1 unspecified atom stereocenters. The number of nitrogens with one attached hydrogen (secondary N) is 1. The van der Waals surface area contributed by atoms with Crippen molar-refractivity contribution in [2.75, 3.05) is 19.8 Å². The summed E-state index contributed by atoms with van der Waals surface area (Å²) >= 11 is 0. The van der Waals surface area contributed by atoms with Gasteiger partial charge < -0.3 is 18.7 Å². The monoisotopic (exact) mass is 551 g/mol. The lowest BCUT2D eigenvalue weighted by Crippen LogP contribution is -2.36. The van der Waals surface area contributed by atoms with E-state index in [4.69, 9.17) is 23.3 Å². The van der Waals surface area contributed by atoms with Crippen molar-refractivity contribution in [3.63, 3.8) is 0 Å². The average molecular weight is 552 g/mol. The van der Waals surface area contributed by atoms with Crippen molar-refractivity contribution in [2.45, 2.75) is 71.9 Å². The van der Waals surface area contributed by atoms with E-state index in [1.807, 2.05) is 0 Å². The summed E-state index contributed by atoms with van der Waals surface area (Å²) in [5.74, 6) is 0.0197. The lowest BCUT2D eigenvalue weighted by atomic mass is 9.99. The predicted molar refractivity (Wildman–Crippen MR) is 141 cm³/mol. The normalized spacial score (nSPS) is 19.7. The van der Waals surface area contributed by atoms with Crippen LogP contribution in [0.3, 0.4) is 0 Å². The molecule has 1 fully saturated rings. The summed E-state index contributed by atoms with van der Waals surface area (Å²) in [6.07, 6.45) is 3.89. The highest BCUT2D eigenvalue weighted by Crippen LogP contribution is 2.45. The van der Waals surface area contributed by atoms with Gasteiger partial charge in [0.2, 0.25) is 0 Å². The number of carbonyl (C=O) groups excluding carboxylic acids is 1. The fourth-order valence-corrected chi connectivity index (χ4v) is 5.48. The van der Waals surface area contributed by atoms with E-state index < -0.39 is 38.0 Å². The van der Waals surface area contributed by atoms with E-state index in [9.17, 15) is 14.2 Å². The molecule has 0 radical (unpaired) electrons. The zero-order valence-electron chi connectivity index (χ0n) is 22.4. The van der Waals surface area contributed by atoms with Crippen molar-refractivity contribution in [1.82, 2.24) is 14.6 Å². The predicted octanol–water partition coefficient (Wildman–Crippen LogP) is 4.36. The number of hydrogen-bond donors (Lipinski definition) is 1. The van der Waals surface area contributed by atoms with Crippen molar-refractivity contribution in [3.8, 4) is 5.75 Å². The molecule has 38 heavy (non-hydrogen) atoms. The number of ether oxygens (including phenoxy) is 3. The molecule has 0 amide bonds. The van der Waals surface area contributed by atoms with Gasteiger partial charge in [0, 0.05) is 11.9 Å². The summed E-state index contributed by atoms with van der Waals surface area (Å²) in [6.45, 7) is 7.55. The summed E-state index contributed by atoms with van der Waals surface area (Å²) in [7, 11) is -4.08. The number of aryl methyl sites for hydroxylation is 1. The van der Waals surface area contributed by atoms with Crippen molar-refractivity contribution >= 4 is 13.7 Å². The topological polar surface area (TPSA) is 127 Å². The highest BCUT2D eigenvalue weighted by Gasteiger charge is 2.36. The summed E-state index contributed by atoms with van der Waals surface area (Å²) < 4.78 is 43.2.